The summed E-state index contributed by atoms with van der Waals surface area (Å²) in [5, 5.41) is -0.224. The fourth-order valence-electron chi connectivity index (χ4n) is 2.36. The van der Waals surface area contributed by atoms with Gasteiger partial charge in [0.25, 0.3) is 6.43 Å². The van der Waals surface area contributed by atoms with Crippen LogP contribution in [0.1, 0.15) is 0 Å². The SMILES string of the molecule is [B]c1cc(F)cc(N(CC(F)F)c2nc(Cl)nc3ncc(F)cc23)c1. The Morgan fingerprint density at radius 2 is 1.84 bits per heavy atom. The largest absolute Gasteiger partial charge is 0.320 e. The third-order valence-electron chi connectivity index (χ3n) is 3.26. The van der Waals surface area contributed by atoms with Gasteiger partial charge >= 0.3 is 0 Å². The molecule has 0 saturated carbocycles. The number of halogens is 5. The van der Waals surface area contributed by atoms with Gasteiger partial charge in [0.15, 0.2) is 5.65 Å². The second-order valence-corrected chi connectivity index (χ2v) is 5.42. The molecule has 0 aliphatic carbocycles. The molecule has 0 aliphatic heterocycles. The predicted octanol–water partition coefficient (Wildman–Crippen LogP) is 3.15. The quantitative estimate of drug-likeness (QED) is 0.404. The number of hydrogen-bond acceptors (Lipinski definition) is 4. The molecule has 2 heterocycles. The van der Waals surface area contributed by atoms with Gasteiger partial charge in [0.2, 0.25) is 5.28 Å². The summed E-state index contributed by atoms with van der Waals surface area (Å²) >= 11 is 5.83. The first kappa shape index (κ1) is 17.4. The van der Waals surface area contributed by atoms with Gasteiger partial charge in [0.05, 0.1) is 18.1 Å². The van der Waals surface area contributed by atoms with Gasteiger partial charge in [-0.3, -0.25) is 0 Å². The molecule has 3 rings (SSSR count). The molecule has 0 N–H and O–H groups in total. The highest BCUT2D eigenvalue weighted by Crippen LogP contribution is 2.31. The molecule has 126 valence electrons. The third kappa shape index (κ3) is 3.82. The fraction of sp³-hybridized carbons (Fsp3) is 0.133. The Bertz CT molecular complexity index is 921. The molecular formula is C15H8BClF4N4. The number of hydrogen-bond donors (Lipinski definition) is 0. The molecule has 0 saturated heterocycles. The smallest absolute Gasteiger partial charge is 0.256 e. The number of alkyl halides is 2. The number of benzene rings is 1. The van der Waals surface area contributed by atoms with Gasteiger partial charge < -0.3 is 4.90 Å². The van der Waals surface area contributed by atoms with Crippen LogP contribution in [-0.2, 0) is 0 Å². The monoisotopic (exact) mass is 366 g/mol. The Morgan fingerprint density at radius 1 is 1.08 bits per heavy atom. The summed E-state index contributed by atoms with van der Waals surface area (Å²) < 4.78 is 53.5. The average Bonchev–Trinajstić information content (AvgIpc) is 2.51. The molecule has 0 unspecified atom stereocenters. The highest BCUT2D eigenvalue weighted by atomic mass is 35.5. The molecule has 0 fully saturated rings. The van der Waals surface area contributed by atoms with Gasteiger partial charge in [-0.15, -0.1) is 0 Å². The van der Waals surface area contributed by atoms with Gasteiger partial charge in [0.1, 0.15) is 25.3 Å². The molecule has 10 heteroatoms. The van der Waals surface area contributed by atoms with E-state index in [4.69, 9.17) is 19.4 Å². The fourth-order valence-corrected chi connectivity index (χ4v) is 2.52. The first-order valence-corrected chi connectivity index (χ1v) is 7.32. The lowest BCUT2D eigenvalue weighted by molar-refractivity contribution is 0.158. The zero-order valence-corrected chi connectivity index (χ0v) is 13.2. The van der Waals surface area contributed by atoms with Crippen molar-refractivity contribution in [2.75, 3.05) is 11.4 Å². The Morgan fingerprint density at radius 3 is 2.52 bits per heavy atom. The van der Waals surface area contributed by atoms with Crippen LogP contribution >= 0.6 is 11.6 Å². The average molecular weight is 367 g/mol. The third-order valence-corrected chi connectivity index (χ3v) is 3.43. The van der Waals surface area contributed by atoms with Gasteiger partial charge in [-0.25, -0.2) is 22.5 Å². The van der Waals surface area contributed by atoms with Gasteiger partial charge in [-0.1, -0.05) is 5.46 Å². The van der Waals surface area contributed by atoms with Crippen molar-refractivity contribution in [2.45, 2.75) is 6.43 Å². The number of anilines is 2. The molecular weight excluding hydrogens is 358 g/mol. The maximum Gasteiger partial charge on any atom is 0.256 e. The molecule has 1 aromatic carbocycles. The van der Waals surface area contributed by atoms with Gasteiger partial charge in [-0.2, -0.15) is 9.97 Å². The first-order chi connectivity index (χ1) is 11.8. The molecule has 0 atom stereocenters. The zero-order valence-electron chi connectivity index (χ0n) is 12.4. The van der Waals surface area contributed by atoms with Crippen LogP contribution in [0.25, 0.3) is 11.0 Å². The highest BCUT2D eigenvalue weighted by Gasteiger charge is 2.21. The summed E-state index contributed by atoms with van der Waals surface area (Å²) in [4.78, 5) is 12.5. The van der Waals surface area contributed by atoms with Crippen LogP contribution in [0.4, 0.5) is 29.1 Å². The lowest BCUT2D eigenvalue weighted by Gasteiger charge is -2.25. The van der Waals surface area contributed by atoms with Crippen molar-refractivity contribution in [1.82, 2.24) is 15.0 Å². The van der Waals surface area contributed by atoms with Gasteiger partial charge in [-0.05, 0) is 35.9 Å². The minimum absolute atomic E-state index is 0.0122. The van der Waals surface area contributed by atoms with E-state index in [1.807, 2.05) is 0 Å². The highest BCUT2D eigenvalue weighted by molar-refractivity contribution is 6.32. The molecule has 25 heavy (non-hydrogen) atoms. The first-order valence-electron chi connectivity index (χ1n) is 6.94. The number of nitrogens with zero attached hydrogens (tertiary/aromatic N) is 4. The van der Waals surface area contributed by atoms with E-state index in [9.17, 15) is 17.6 Å². The summed E-state index contributed by atoms with van der Waals surface area (Å²) in [7, 11) is 5.59. The van der Waals surface area contributed by atoms with Crippen molar-refractivity contribution in [2.24, 2.45) is 0 Å². The van der Waals surface area contributed by atoms with E-state index >= 15 is 0 Å². The van der Waals surface area contributed by atoms with Crippen LogP contribution in [0, 0.1) is 11.6 Å². The summed E-state index contributed by atoms with van der Waals surface area (Å²) in [5.41, 5.74) is 0.0567. The molecule has 0 spiro atoms. The minimum Gasteiger partial charge on any atom is -0.320 e. The number of aromatic nitrogens is 3. The zero-order chi connectivity index (χ0) is 18.1. The van der Waals surface area contributed by atoms with Crippen LogP contribution in [-0.4, -0.2) is 35.8 Å². The van der Waals surface area contributed by atoms with E-state index in [2.05, 4.69) is 15.0 Å². The maximum atomic E-state index is 13.7. The number of fused-ring (bicyclic) bond motifs is 1. The van der Waals surface area contributed by atoms with Crippen molar-refractivity contribution in [3.63, 3.8) is 0 Å². The van der Waals surface area contributed by atoms with Crippen molar-refractivity contribution in [3.8, 4) is 0 Å². The maximum absolute atomic E-state index is 13.7. The second-order valence-electron chi connectivity index (χ2n) is 5.09. The normalized spacial score (nSPS) is 11.3. The Hall–Kier alpha value is -2.42. The lowest BCUT2D eigenvalue weighted by Crippen LogP contribution is -2.26. The standard InChI is InChI=1S/C15H8BClF4N4/c16-7-1-8(18)3-10(2-7)25(6-12(20)21)14-11-4-9(19)5-22-13(11)23-15(17)24-14/h1-5,12H,6H2. The van der Waals surface area contributed by atoms with Crippen molar-refractivity contribution < 1.29 is 17.6 Å². The Balaban J connectivity index is 2.26. The summed E-state index contributed by atoms with van der Waals surface area (Å²) in [5.74, 6) is -1.56. The van der Waals surface area contributed by atoms with E-state index in [1.54, 1.807) is 0 Å². The summed E-state index contributed by atoms with van der Waals surface area (Å²) in [6, 6.07) is 4.37. The van der Waals surface area contributed by atoms with E-state index in [-0.39, 0.29) is 33.3 Å². The lowest BCUT2D eigenvalue weighted by atomic mass is 9.95. The summed E-state index contributed by atoms with van der Waals surface area (Å²) in [6.45, 7) is -0.845. The van der Waals surface area contributed by atoms with E-state index in [1.165, 1.54) is 6.07 Å². The van der Waals surface area contributed by atoms with Crippen LogP contribution in [0.2, 0.25) is 5.28 Å². The second kappa shape index (κ2) is 6.83. The Labute approximate surface area is 145 Å². The molecule has 0 aliphatic rings. The van der Waals surface area contributed by atoms with E-state index in [0.29, 0.717) is 0 Å². The van der Waals surface area contributed by atoms with Gasteiger partial charge in [0, 0.05) is 5.69 Å². The predicted molar refractivity (Wildman–Crippen MR) is 87.1 cm³/mol. The number of rotatable bonds is 4. The van der Waals surface area contributed by atoms with Crippen LogP contribution in [0.3, 0.4) is 0 Å². The van der Waals surface area contributed by atoms with Crippen LogP contribution < -0.4 is 10.4 Å². The molecule has 0 bridgehead atoms. The van der Waals surface area contributed by atoms with Crippen molar-refractivity contribution >= 4 is 47.4 Å². The summed E-state index contributed by atoms with van der Waals surface area (Å²) in [6.07, 6.45) is -1.89. The Kier molecular flexibility index (Phi) is 4.76. The molecule has 0 amide bonds. The molecule has 2 radical (unpaired) electrons. The van der Waals surface area contributed by atoms with Crippen molar-refractivity contribution in [1.29, 1.82) is 0 Å². The minimum atomic E-state index is -2.80. The molecule has 2 aromatic heterocycles. The number of pyridine rings is 1. The topological polar surface area (TPSA) is 41.9 Å². The van der Waals surface area contributed by atoms with Crippen LogP contribution in [0.15, 0.2) is 30.5 Å². The molecule has 3 aromatic rings. The van der Waals surface area contributed by atoms with Crippen molar-refractivity contribution in [3.05, 3.63) is 47.4 Å². The van der Waals surface area contributed by atoms with E-state index in [0.717, 1.165) is 29.3 Å². The molecule has 4 nitrogen and oxygen atoms in total. The van der Waals surface area contributed by atoms with E-state index < -0.39 is 24.6 Å². The van der Waals surface area contributed by atoms with Crippen LogP contribution in [0.5, 0.6) is 0 Å².